The van der Waals surface area contributed by atoms with E-state index in [-0.39, 0.29) is 5.75 Å². The van der Waals surface area contributed by atoms with Crippen molar-refractivity contribution < 1.29 is 18.3 Å². The number of imidazole rings is 1. The Morgan fingerprint density at radius 2 is 2.04 bits per heavy atom. The van der Waals surface area contributed by atoms with Gasteiger partial charge in [0, 0.05) is 30.4 Å². The fourth-order valence-electron chi connectivity index (χ4n) is 3.65. The molecule has 2 aromatic carbocycles. The van der Waals surface area contributed by atoms with Gasteiger partial charge < -0.3 is 19.4 Å². The number of aromatic nitrogens is 2. The maximum atomic E-state index is 12.4. The molecule has 1 aliphatic heterocycles. The minimum Gasteiger partial charge on any atom is -0.491 e. The van der Waals surface area contributed by atoms with Gasteiger partial charge in [0.25, 0.3) is 0 Å². The van der Waals surface area contributed by atoms with Crippen LogP contribution in [-0.4, -0.2) is 29.3 Å². The van der Waals surface area contributed by atoms with Gasteiger partial charge in [-0.15, -0.1) is 0 Å². The second-order valence-corrected chi connectivity index (χ2v) is 7.36. The maximum absolute atomic E-state index is 12.4. The topological polar surface area (TPSA) is 48.3 Å². The van der Waals surface area contributed by atoms with E-state index in [2.05, 4.69) is 26.8 Å². The van der Waals surface area contributed by atoms with Crippen LogP contribution in [0.15, 0.2) is 36.4 Å². The number of hydrogen-bond acceptors (Lipinski definition) is 4. The molecule has 0 saturated heterocycles. The first-order valence-electron chi connectivity index (χ1n) is 9.63. The van der Waals surface area contributed by atoms with E-state index in [0.29, 0.717) is 6.61 Å². The molecule has 1 N–H and O–H groups in total. The van der Waals surface area contributed by atoms with E-state index < -0.39 is 6.61 Å². The molecule has 146 valence electrons. The number of aryl methyl sites for hydroxylation is 1. The number of nitrogens with one attached hydrogen (secondary N) is 1. The summed E-state index contributed by atoms with van der Waals surface area (Å²) < 4.78 is 37.4. The van der Waals surface area contributed by atoms with Crippen molar-refractivity contribution in [3.8, 4) is 22.9 Å². The number of halogens is 2. The van der Waals surface area contributed by atoms with E-state index in [9.17, 15) is 8.78 Å². The van der Waals surface area contributed by atoms with Gasteiger partial charge in [-0.2, -0.15) is 8.78 Å². The van der Waals surface area contributed by atoms with E-state index in [0.717, 1.165) is 59.3 Å². The lowest BCUT2D eigenvalue weighted by atomic mass is 10.2. The van der Waals surface area contributed by atoms with Crippen molar-refractivity contribution in [3.05, 3.63) is 36.4 Å². The summed E-state index contributed by atoms with van der Waals surface area (Å²) in [6.07, 6.45) is 3.47. The Hall–Kier alpha value is -2.83. The quantitative estimate of drug-likeness (QED) is 0.655. The van der Waals surface area contributed by atoms with Gasteiger partial charge in [-0.1, -0.05) is 0 Å². The third-order valence-corrected chi connectivity index (χ3v) is 5.22. The van der Waals surface area contributed by atoms with Crippen molar-refractivity contribution in [2.24, 2.45) is 5.92 Å². The highest BCUT2D eigenvalue weighted by molar-refractivity contribution is 5.89. The molecule has 0 amide bonds. The zero-order valence-electron chi connectivity index (χ0n) is 15.3. The number of hydrogen-bond donors (Lipinski definition) is 1. The first-order chi connectivity index (χ1) is 13.7. The molecular formula is C21H21F2N3O2. The molecule has 0 bridgehead atoms. The molecule has 7 heteroatoms. The maximum Gasteiger partial charge on any atom is 0.387 e. The largest absolute Gasteiger partial charge is 0.491 e. The lowest BCUT2D eigenvalue weighted by Gasteiger charge is -2.10. The lowest BCUT2D eigenvalue weighted by Crippen LogP contribution is -2.03. The summed E-state index contributed by atoms with van der Waals surface area (Å²) in [5.74, 6) is 2.56. The minimum absolute atomic E-state index is 0.140. The molecule has 0 radical (unpaired) electrons. The monoisotopic (exact) mass is 385 g/mol. The molecule has 28 heavy (non-hydrogen) atoms. The van der Waals surface area contributed by atoms with Gasteiger partial charge >= 0.3 is 6.61 Å². The van der Waals surface area contributed by atoms with Gasteiger partial charge in [-0.25, -0.2) is 4.98 Å². The van der Waals surface area contributed by atoms with Crippen LogP contribution in [0.2, 0.25) is 0 Å². The first-order valence-corrected chi connectivity index (χ1v) is 9.63. The average molecular weight is 385 g/mol. The Morgan fingerprint density at radius 1 is 1.21 bits per heavy atom. The first kappa shape index (κ1) is 17.3. The summed E-state index contributed by atoms with van der Waals surface area (Å²) >= 11 is 0. The third kappa shape index (κ3) is 3.37. The third-order valence-electron chi connectivity index (χ3n) is 5.22. The van der Waals surface area contributed by atoms with Crippen molar-refractivity contribution in [2.75, 3.05) is 18.5 Å². The van der Waals surface area contributed by atoms with Crippen LogP contribution < -0.4 is 14.8 Å². The summed E-state index contributed by atoms with van der Waals surface area (Å²) in [5.41, 5.74) is 3.74. The molecule has 0 atom stereocenters. The number of ether oxygens (including phenoxy) is 2. The number of rotatable bonds is 6. The highest BCUT2D eigenvalue weighted by atomic mass is 19.3. The van der Waals surface area contributed by atoms with Crippen LogP contribution >= 0.6 is 0 Å². The predicted molar refractivity (Wildman–Crippen MR) is 103 cm³/mol. The van der Waals surface area contributed by atoms with Crippen LogP contribution in [0.3, 0.4) is 0 Å². The Morgan fingerprint density at radius 3 is 2.79 bits per heavy atom. The molecule has 1 aliphatic carbocycles. The molecule has 1 saturated carbocycles. The van der Waals surface area contributed by atoms with Crippen LogP contribution in [0.5, 0.6) is 11.5 Å². The second kappa shape index (κ2) is 6.96. The predicted octanol–water partition coefficient (Wildman–Crippen LogP) is 4.91. The zero-order chi connectivity index (χ0) is 19.1. The molecule has 3 aromatic rings. The van der Waals surface area contributed by atoms with Crippen molar-refractivity contribution in [1.82, 2.24) is 9.55 Å². The average Bonchev–Trinajstić information content (AvgIpc) is 3.46. The Balaban J connectivity index is 1.54. The number of benzene rings is 2. The Kier molecular flexibility index (Phi) is 4.30. The normalized spacial score (nSPS) is 16.1. The van der Waals surface area contributed by atoms with Gasteiger partial charge in [0.1, 0.15) is 22.8 Å². The summed E-state index contributed by atoms with van der Waals surface area (Å²) in [6.45, 7) is -0.401. The summed E-state index contributed by atoms with van der Waals surface area (Å²) in [6, 6.07) is 10.7. The van der Waals surface area contributed by atoms with E-state index in [1.807, 2.05) is 0 Å². The molecule has 0 unspecified atom stereocenters. The van der Waals surface area contributed by atoms with E-state index >= 15 is 0 Å². The highest BCUT2D eigenvalue weighted by Crippen LogP contribution is 2.37. The summed E-state index contributed by atoms with van der Waals surface area (Å²) in [7, 11) is 0. The van der Waals surface area contributed by atoms with Crippen LogP contribution in [0.1, 0.15) is 19.3 Å². The van der Waals surface area contributed by atoms with Gasteiger partial charge in [0.05, 0.1) is 12.1 Å². The van der Waals surface area contributed by atoms with Crippen LogP contribution in [0, 0.1) is 5.92 Å². The fraction of sp³-hybridized carbons (Fsp3) is 0.381. The van der Waals surface area contributed by atoms with E-state index in [1.54, 1.807) is 24.3 Å². The number of nitrogens with zero attached hydrogens (tertiary/aromatic N) is 2. The molecule has 0 spiro atoms. The van der Waals surface area contributed by atoms with Crippen LogP contribution in [-0.2, 0) is 6.54 Å². The van der Waals surface area contributed by atoms with Crippen molar-refractivity contribution in [1.29, 1.82) is 0 Å². The van der Waals surface area contributed by atoms with E-state index in [4.69, 9.17) is 9.72 Å². The Bertz CT molecular complexity index is 997. The SMILES string of the molecule is FC(F)Oc1ccc(-c2nc3cc(NCC4CC4)cc4c3n2CCCO4)cc1. The van der Waals surface area contributed by atoms with Gasteiger partial charge in [0.2, 0.25) is 0 Å². The molecule has 5 rings (SSSR count). The smallest absolute Gasteiger partial charge is 0.387 e. The van der Waals surface area contributed by atoms with E-state index in [1.165, 1.54) is 12.8 Å². The van der Waals surface area contributed by atoms with Gasteiger partial charge in [0.15, 0.2) is 0 Å². The molecule has 1 fully saturated rings. The fourth-order valence-corrected chi connectivity index (χ4v) is 3.65. The van der Waals surface area contributed by atoms with Crippen LogP contribution in [0.4, 0.5) is 14.5 Å². The number of anilines is 1. The molecule has 1 aromatic heterocycles. The molecule has 5 nitrogen and oxygen atoms in total. The Labute approximate surface area is 161 Å². The standard InChI is InChI=1S/C21H21F2N3O2/c22-21(23)28-16-6-4-14(5-7-16)20-25-17-10-15(24-12-13-2-3-13)11-18-19(17)26(20)8-1-9-27-18/h4-7,10-11,13,21,24H,1-3,8-9,12H2. The minimum atomic E-state index is -2.83. The summed E-state index contributed by atoms with van der Waals surface area (Å²) in [4.78, 5) is 4.84. The molecule has 2 heterocycles. The number of alkyl halides is 2. The van der Waals surface area contributed by atoms with Crippen LogP contribution in [0.25, 0.3) is 22.4 Å². The molecular weight excluding hydrogens is 364 g/mol. The lowest BCUT2D eigenvalue weighted by molar-refractivity contribution is -0.0498. The van der Waals surface area contributed by atoms with Crippen molar-refractivity contribution in [2.45, 2.75) is 32.4 Å². The van der Waals surface area contributed by atoms with Crippen molar-refractivity contribution in [3.63, 3.8) is 0 Å². The molecule has 2 aliphatic rings. The van der Waals surface area contributed by atoms with Gasteiger partial charge in [-0.3, -0.25) is 0 Å². The second-order valence-electron chi connectivity index (χ2n) is 7.36. The highest BCUT2D eigenvalue weighted by Gasteiger charge is 2.23. The van der Waals surface area contributed by atoms with Gasteiger partial charge in [-0.05, 0) is 55.5 Å². The summed E-state index contributed by atoms with van der Waals surface area (Å²) in [5, 5.41) is 3.50. The van der Waals surface area contributed by atoms with Crippen molar-refractivity contribution >= 4 is 16.7 Å². The zero-order valence-corrected chi connectivity index (χ0v) is 15.3.